The first-order chi connectivity index (χ1) is 18.8. The van der Waals surface area contributed by atoms with Gasteiger partial charge in [0.15, 0.2) is 5.82 Å². The largest absolute Gasteiger partial charge is 0.573 e. The Kier molecular flexibility index (Phi) is 7.06. The highest BCUT2D eigenvalue weighted by molar-refractivity contribution is 5.73. The summed E-state index contributed by atoms with van der Waals surface area (Å²) in [6.07, 6.45) is 1.52. The van der Waals surface area contributed by atoms with Crippen molar-refractivity contribution < 1.29 is 27.8 Å². The molecule has 2 N–H and O–H groups in total. The van der Waals surface area contributed by atoms with E-state index in [0.717, 1.165) is 51.2 Å². The highest BCUT2D eigenvalue weighted by Gasteiger charge is 2.46. The lowest BCUT2D eigenvalue weighted by Crippen LogP contribution is -2.61. The number of rotatable bonds is 7. The van der Waals surface area contributed by atoms with E-state index in [0.29, 0.717) is 23.0 Å². The summed E-state index contributed by atoms with van der Waals surface area (Å²) in [5.41, 5.74) is -0.258. The fourth-order valence-electron chi connectivity index (χ4n) is 5.10. The second kappa shape index (κ2) is 10.2. The lowest BCUT2D eigenvalue weighted by molar-refractivity contribution is -0.274. The maximum absolute atomic E-state index is 12.7. The number of aromatic nitrogens is 5. The Morgan fingerprint density at radius 3 is 2.52 bits per heavy atom. The molecule has 14 heteroatoms. The number of carbonyl (C=O) groups is 1. The summed E-state index contributed by atoms with van der Waals surface area (Å²) in [5.74, 6) is 1.13. The molecule has 3 aromatic rings. The van der Waals surface area contributed by atoms with E-state index >= 15 is 0 Å². The Balaban J connectivity index is 1.40. The summed E-state index contributed by atoms with van der Waals surface area (Å²) >= 11 is 0. The number of alkyl halides is 3. The topological polar surface area (TPSA) is 122 Å². The van der Waals surface area contributed by atoms with E-state index < -0.39 is 17.7 Å². The maximum atomic E-state index is 12.7. The number of hydrogen-bond acceptors (Lipinski definition) is 9. The molecule has 1 amide bonds. The third-order valence-corrected chi connectivity index (χ3v) is 7.02. The van der Waals surface area contributed by atoms with Crippen LogP contribution in [-0.4, -0.2) is 78.8 Å². The van der Waals surface area contributed by atoms with E-state index in [1.165, 1.54) is 6.20 Å². The molecular formula is C26H31F3N8O3. The monoisotopic (exact) mass is 560 g/mol. The number of hydrogen-bond donors (Lipinski definition) is 2. The van der Waals surface area contributed by atoms with E-state index in [9.17, 15) is 23.1 Å². The van der Waals surface area contributed by atoms with E-state index in [2.05, 4.69) is 30.0 Å². The van der Waals surface area contributed by atoms with E-state index in [-0.39, 0.29) is 23.7 Å². The number of aliphatic hydroxyl groups is 1. The number of piperidine rings is 1. The van der Waals surface area contributed by atoms with Crippen LogP contribution < -0.4 is 15.0 Å². The van der Waals surface area contributed by atoms with Crippen LogP contribution in [0.25, 0.3) is 11.4 Å². The van der Waals surface area contributed by atoms with Crippen LogP contribution in [0.3, 0.4) is 0 Å². The summed E-state index contributed by atoms with van der Waals surface area (Å²) in [6, 6.07) is 3.97. The molecule has 0 aromatic carbocycles. The van der Waals surface area contributed by atoms with Crippen molar-refractivity contribution in [3.05, 3.63) is 36.8 Å². The second-order valence-corrected chi connectivity index (χ2v) is 11.1. The van der Waals surface area contributed by atoms with Gasteiger partial charge in [-0.15, -0.1) is 13.2 Å². The molecule has 0 unspecified atom stereocenters. The van der Waals surface area contributed by atoms with Gasteiger partial charge in [0.1, 0.15) is 23.2 Å². The number of nitrogens with zero attached hydrogens (tertiary/aromatic N) is 7. The van der Waals surface area contributed by atoms with Crippen LogP contribution >= 0.6 is 0 Å². The minimum absolute atomic E-state index is 0.0885. The Hall–Kier alpha value is -3.94. The van der Waals surface area contributed by atoms with Gasteiger partial charge in [-0.2, -0.15) is 5.10 Å². The van der Waals surface area contributed by atoms with Crippen LogP contribution in [0.4, 0.5) is 30.6 Å². The molecular weight excluding hydrogens is 529 g/mol. The highest BCUT2D eigenvalue weighted by atomic mass is 19.4. The Morgan fingerprint density at radius 1 is 1.15 bits per heavy atom. The number of pyridine rings is 1. The fourth-order valence-corrected chi connectivity index (χ4v) is 5.10. The summed E-state index contributed by atoms with van der Waals surface area (Å²) in [5, 5.41) is 17.4. The van der Waals surface area contributed by atoms with Gasteiger partial charge >= 0.3 is 6.36 Å². The van der Waals surface area contributed by atoms with Crippen molar-refractivity contribution in [3.8, 4) is 17.1 Å². The molecule has 0 atom stereocenters. The Labute approximate surface area is 229 Å². The molecule has 0 saturated carbocycles. The first-order valence-corrected chi connectivity index (χ1v) is 12.9. The van der Waals surface area contributed by atoms with E-state index in [1.807, 2.05) is 4.90 Å². The van der Waals surface area contributed by atoms with E-state index in [1.54, 1.807) is 43.9 Å². The molecule has 2 saturated heterocycles. The summed E-state index contributed by atoms with van der Waals surface area (Å²) < 4.78 is 43.7. The smallest absolute Gasteiger partial charge is 0.406 e. The van der Waals surface area contributed by atoms with Crippen LogP contribution in [0.1, 0.15) is 33.6 Å². The minimum Gasteiger partial charge on any atom is -0.406 e. The van der Waals surface area contributed by atoms with Gasteiger partial charge in [0.25, 0.3) is 0 Å². The first-order valence-electron chi connectivity index (χ1n) is 12.9. The molecule has 0 aliphatic carbocycles. The number of ether oxygens (including phenoxy) is 1. The lowest BCUT2D eigenvalue weighted by atomic mass is 9.72. The van der Waals surface area contributed by atoms with Crippen LogP contribution in [0.15, 0.2) is 36.8 Å². The molecule has 1 spiro atoms. The summed E-state index contributed by atoms with van der Waals surface area (Å²) in [6.45, 7) is 8.20. The highest BCUT2D eigenvalue weighted by Crippen LogP contribution is 2.43. The van der Waals surface area contributed by atoms with Gasteiger partial charge in [-0.3, -0.25) is 9.48 Å². The van der Waals surface area contributed by atoms with Gasteiger partial charge in [0.05, 0.1) is 23.9 Å². The Morgan fingerprint density at radius 2 is 1.88 bits per heavy atom. The molecule has 5 heterocycles. The number of likely N-dealkylation sites (tertiary alicyclic amines) is 1. The second-order valence-electron chi connectivity index (χ2n) is 11.1. The molecule has 2 aliphatic rings. The van der Waals surface area contributed by atoms with Crippen molar-refractivity contribution in [2.45, 2.75) is 52.1 Å². The number of carbonyl (C=O) groups excluding carboxylic acids is 1. The van der Waals surface area contributed by atoms with Gasteiger partial charge in [-0.25, -0.2) is 15.0 Å². The van der Waals surface area contributed by atoms with Gasteiger partial charge in [-0.1, -0.05) is 0 Å². The number of anilines is 3. The Bertz CT molecular complexity index is 1370. The van der Waals surface area contributed by atoms with Crippen LogP contribution in [0.5, 0.6) is 5.75 Å². The molecule has 2 aliphatic heterocycles. The van der Waals surface area contributed by atoms with Gasteiger partial charge < -0.3 is 25.0 Å². The van der Waals surface area contributed by atoms with E-state index in [4.69, 9.17) is 4.98 Å². The molecule has 5 rings (SSSR count). The number of nitrogens with one attached hydrogen (secondary N) is 1. The van der Waals surface area contributed by atoms with Crippen LogP contribution in [0.2, 0.25) is 0 Å². The number of amides is 1. The van der Waals surface area contributed by atoms with Crippen molar-refractivity contribution >= 4 is 23.4 Å². The first kappa shape index (κ1) is 27.6. The van der Waals surface area contributed by atoms with Crippen molar-refractivity contribution in [3.63, 3.8) is 0 Å². The van der Waals surface area contributed by atoms with Crippen molar-refractivity contribution in [1.29, 1.82) is 0 Å². The van der Waals surface area contributed by atoms with Crippen molar-refractivity contribution in [2.24, 2.45) is 5.41 Å². The molecule has 2 fully saturated rings. The molecule has 0 bridgehead atoms. The number of halogens is 3. The molecule has 11 nitrogen and oxygen atoms in total. The predicted octanol–water partition coefficient (Wildman–Crippen LogP) is 3.60. The van der Waals surface area contributed by atoms with Gasteiger partial charge in [0, 0.05) is 63.0 Å². The minimum atomic E-state index is -4.83. The lowest BCUT2D eigenvalue weighted by Gasteiger charge is -2.54. The summed E-state index contributed by atoms with van der Waals surface area (Å²) in [4.78, 5) is 29.2. The summed E-state index contributed by atoms with van der Waals surface area (Å²) in [7, 11) is 0. The average molecular weight is 561 g/mol. The normalized spacial score (nSPS) is 17.1. The molecule has 3 aromatic heterocycles. The zero-order valence-corrected chi connectivity index (χ0v) is 22.4. The average Bonchev–Trinajstić information content (AvgIpc) is 3.28. The predicted molar refractivity (Wildman–Crippen MR) is 140 cm³/mol. The van der Waals surface area contributed by atoms with Crippen LogP contribution in [-0.2, 0) is 11.3 Å². The van der Waals surface area contributed by atoms with Gasteiger partial charge in [-0.05, 0) is 32.8 Å². The SMILES string of the molecule is CC(=O)N1CCC2(CC1)CN(c1cc(Nc3cc(OC(F)(F)F)ccn3)nc(-c3cnn(CC(C)(C)O)c3)n1)C2. The molecule has 0 radical (unpaired) electrons. The van der Waals surface area contributed by atoms with Crippen molar-refractivity contribution in [2.75, 3.05) is 36.4 Å². The zero-order chi connectivity index (χ0) is 28.7. The molecule has 214 valence electrons. The zero-order valence-electron chi connectivity index (χ0n) is 22.4. The van der Waals surface area contributed by atoms with Crippen molar-refractivity contribution in [1.82, 2.24) is 29.6 Å². The van der Waals surface area contributed by atoms with Crippen LogP contribution in [0, 0.1) is 5.41 Å². The standard InChI is InChI=1S/C26H31F3N8O3/c1-17(38)35-8-5-25(6-9-35)15-36(16-25)22-11-21(32-20-10-19(4-7-30-20)40-26(27,28)29)33-23(34-22)18-12-31-37(13-18)14-24(2,3)39/h4,7,10-13,39H,5-6,8-9,14-16H2,1-3H3,(H,30,32,33,34). The third kappa shape index (κ3) is 6.61. The molecule has 40 heavy (non-hydrogen) atoms. The third-order valence-electron chi connectivity index (χ3n) is 7.02. The maximum Gasteiger partial charge on any atom is 0.573 e. The quantitative estimate of drug-likeness (QED) is 0.446. The van der Waals surface area contributed by atoms with Gasteiger partial charge in [0.2, 0.25) is 5.91 Å². The fraction of sp³-hybridized carbons (Fsp3) is 0.500.